The Morgan fingerprint density at radius 3 is 1.94 bits per heavy atom. The Balaban J connectivity index is 1.52. The SMILES string of the molecule is O=C(/C=C/C1CC1(c1ccc(F)cc1)c1ccc(F)cc1)Oc1ccc([N+](=O)[O-])cc1. The highest BCUT2D eigenvalue weighted by Gasteiger charge is 2.55. The van der Waals surface area contributed by atoms with Gasteiger partial charge in [-0.05, 0) is 59.9 Å². The minimum atomic E-state index is -0.618. The fraction of sp³-hybridized carbons (Fsp3) is 0.125. The second kappa shape index (κ2) is 8.10. The second-order valence-corrected chi connectivity index (χ2v) is 7.33. The van der Waals surface area contributed by atoms with E-state index in [-0.39, 0.29) is 29.0 Å². The number of benzene rings is 3. The molecule has 3 aromatic carbocycles. The van der Waals surface area contributed by atoms with Crippen molar-refractivity contribution in [2.45, 2.75) is 11.8 Å². The molecule has 5 nitrogen and oxygen atoms in total. The summed E-state index contributed by atoms with van der Waals surface area (Å²) in [5.74, 6) is -1.19. The standard InChI is InChI=1S/C24H17F2NO4/c25-19-6-1-16(2-7-19)24(17-3-8-20(26)9-4-17)15-18(24)5-14-23(28)31-22-12-10-21(11-13-22)27(29)30/h1-14,18H,15H2/b14-5+. The van der Waals surface area contributed by atoms with Crippen LogP contribution < -0.4 is 4.74 Å². The van der Waals surface area contributed by atoms with Crippen LogP contribution >= 0.6 is 0 Å². The van der Waals surface area contributed by atoms with Crippen molar-refractivity contribution in [2.75, 3.05) is 0 Å². The first-order valence-electron chi connectivity index (χ1n) is 9.55. The lowest BCUT2D eigenvalue weighted by Gasteiger charge is -2.18. The molecule has 3 aromatic rings. The molecular weight excluding hydrogens is 404 g/mol. The molecule has 1 aliphatic rings. The molecule has 156 valence electrons. The fourth-order valence-corrected chi connectivity index (χ4v) is 3.83. The first kappa shape index (κ1) is 20.4. The third kappa shape index (κ3) is 4.21. The maximum atomic E-state index is 13.4. The number of halogens is 2. The van der Waals surface area contributed by atoms with Crippen molar-refractivity contribution in [1.29, 1.82) is 0 Å². The van der Waals surface area contributed by atoms with Gasteiger partial charge in [-0.2, -0.15) is 0 Å². The van der Waals surface area contributed by atoms with E-state index in [1.165, 1.54) is 54.6 Å². The van der Waals surface area contributed by atoms with Gasteiger partial charge in [0, 0.05) is 23.6 Å². The molecular formula is C24H17F2NO4. The van der Waals surface area contributed by atoms with E-state index in [2.05, 4.69) is 0 Å². The van der Waals surface area contributed by atoms with E-state index in [4.69, 9.17) is 4.74 Å². The zero-order valence-corrected chi connectivity index (χ0v) is 16.2. The number of nitro benzene ring substituents is 1. The van der Waals surface area contributed by atoms with Crippen molar-refractivity contribution in [1.82, 2.24) is 0 Å². The van der Waals surface area contributed by atoms with Gasteiger partial charge >= 0.3 is 5.97 Å². The third-order valence-corrected chi connectivity index (χ3v) is 5.46. The van der Waals surface area contributed by atoms with Crippen molar-refractivity contribution in [2.24, 2.45) is 5.92 Å². The molecule has 0 aliphatic heterocycles. The van der Waals surface area contributed by atoms with Crippen LogP contribution in [0.2, 0.25) is 0 Å². The van der Waals surface area contributed by atoms with E-state index in [1.807, 2.05) is 0 Å². The number of carbonyl (C=O) groups excluding carboxylic acids is 1. The maximum Gasteiger partial charge on any atom is 0.335 e. The quantitative estimate of drug-likeness (QED) is 0.177. The van der Waals surface area contributed by atoms with Crippen LogP contribution in [-0.2, 0) is 10.2 Å². The van der Waals surface area contributed by atoms with Crippen LogP contribution in [-0.4, -0.2) is 10.9 Å². The molecule has 0 saturated heterocycles. The number of carbonyl (C=O) groups is 1. The van der Waals surface area contributed by atoms with Gasteiger partial charge in [0.2, 0.25) is 0 Å². The predicted molar refractivity (Wildman–Crippen MR) is 110 cm³/mol. The summed E-state index contributed by atoms with van der Waals surface area (Å²) in [6.45, 7) is 0. The van der Waals surface area contributed by atoms with E-state index in [9.17, 15) is 23.7 Å². The molecule has 1 fully saturated rings. The highest BCUT2D eigenvalue weighted by atomic mass is 19.1. The first-order chi connectivity index (χ1) is 14.9. The fourth-order valence-electron chi connectivity index (χ4n) is 3.83. The minimum Gasteiger partial charge on any atom is -0.423 e. The molecule has 0 amide bonds. The lowest BCUT2D eigenvalue weighted by molar-refractivity contribution is -0.384. The molecule has 1 atom stereocenters. The van der Waals surface area contributed by atoms with Crippen LogP contribution in [0, 0.1) is 27.7 Å². The number of allylic oxidation sites excluding steroid dienone is 1. The van der Waals surface area contributed by atoms with Crippen LogP contribution in [0.3, 0.4) is 0 Å². The van der Waals surface area contributed by atoms with Gasteiger partial charge in [-0.3, -0.25) is 10.1 Å². The normalized spacial score (nSPS) is 16.8. The Hall–Kier alpha value is -3.87. The summed E-state index contributed by atoms with van der Waals surface area (Å²) >= 11 is 0. The van der Waals surface area contributed by atoms with Crippen molar-refractivity contribution in [3.8, 4) is 5.75 Å². The van der Waals surface area contributed by atoms with E-state index in [0.717, 1.165) is 11.1 Å². The Morgan fingerprint density at radius 1 is 0.935 bits per heavy atom. The minimum absolute atomic E-state index is 0.0622. The average Bonchev–Trinajstić information content (AvgIpc) is 3.49. The molecule has 0 aromatic heterocycles. The molecule has 31 heavy (non-hydrogen) atoms. The number of rotatable bonds is 6. The number of nitrogens with zero attached hydrogens (tertiary/aromatic N) is 1. The number of esters is 1. The van der Waals surface area contributed by atoms with E-state index in [0.29, 0.717) is 6.42 Å². The molecule has 0 heterocycles. The summed E-state index contributed by atoms with van der Waals surface area (Å²) in [5.41, 5.74) is 1.17. The Bertz CT molecular complexity index is 1090. The van der Waals surface area contributed by atoms with Crippen molar-refractivity contribution >= 4 is 11.7 Å². The van der Waals surface area contributed by atoms with Gasteiger partial charge in [-0.25, -0.2) is 13.6 Å². The van der Waals surface area contributed by atoms with Crippen LogP contribution in [0.1, 0.15) is 17.5 Å². The number of hydrogen-bond acceptors (Lipinski definition) is 4. The van der Waals surface area contributed by atoms with E-state index >= 15 is 0 Å². The van der Waals surface area contributed by atoms with Gasteiger partial charge in [-0.15, -0.1) is 0 Å². The summed E-state index contributed by atoms with van der Waals surface area (Å²) in [6.07, 6.45) is 3.70. The van der Waals surface area contributed by atoms with E-state index in [1.54, 1.807) is 30.3 Å². The highest BCUT2D eigenvalue weighted by Crippen LogP contribution is 2.59. The molecule has 7 heteroatoms. The Kier molecular flexibility index (Phi) is 5.33. The number of hydrogen-bond donors (Lipinski definition) is 0. The average molecular weight is 421 g/mol. The maximum absolute atomic E-state index is 13.4. The third-order valence-electron chi connectivity index (χ3n) is 5.46. The van der Waals surface area contributed by atoms with Gasteiger partial charge in [0.1, 0.15) is 17.4 Å². The largest absolute Gasteiger partial charge is 0.423 e. The topological polar surface area (TPSA) is 69.4 Å². The summed E-state index contributed by atoms with van der Waals surface area (Å²) in [5, 5.41) is 10.7. The molecule has 0 spiro atoms. The zero-order chi connectivity index (χ0) is 22.0. The van der Waals surface area contributed by atoms with Crippen LogP contribution in [0.5, 0.6) is 5.75 Å². The zero-order valence-electron chi connectivity index (χ0n) is 16.2. The van der Waals surface area contributed by atoms with E-state index < -0.39 is 16.3 Å². The van der Waals surface area contributed by atoms with Crippen LogP contribution in [0.4, 0.5) is 14.5 Å². The molecule has 0 N–H and O–H groups in total. The predicted octanol–water partition coefficient (Wildman–Crippen LogP) is 5.34. The molecule has 1 aliphatic carbocycles. The number of ether oxygens (including phenoxy) is 1. The Labute approximate surface area is 176 Å². The van der Waals surface area contributed by atoms with Crippen molar-refractivity contribution in [3.05, 3.63) is 118 Å². The van der Waals surface area contributed by atoms with Gasteiger partial charge < -0.3 is 4.74 Å². The molecule has 0 bridgehead atoms. The molecule has 1 unspecified atom stereocenters. The Morgan fingerprint density at radius 2 is 1.45 bits per heavy atom. The first-order valence-corrected chi connectivity index (χ1v) is 9.55. The lowest BCUT2D eigenvalue weighted by atomic mass is 9.85. The van der Waals surface area contributed by atoms with Gasteiger partial charge in [0.15, 0.2) is 0 Å². The van der Waals surface area contributed by atoms with Gasteiger partial charge in [0.05, 0.1) is 4.92 Å². The smallest absolute Gasteiger partial charge is 0.335 e. The van der Waals surface area contributed by atoms with Crippen molar-refractivity contribution in [3.63, 3.8) is 0 Å². The monoisotopic (exact) mass is 421 g/mol. The molecule has 4 rings (SSSR count). The van der Waals surface area contributed by atoms with Crippen LogP contribution in [0.25, 0.3) is 0 Å². The molecule has 0 radical (unpaired) electrons. The second-order valence-electron chi connectivity index (χ2n) is 7.33. The highest BCUT2D eigenvalue weighted by molar-refractivity contribution is 5.84. The summed E-state index contributed by atoms with van der Waals surface area (Å²) in [7, 11) is 0. The lowest BCUT2D eigenvalue weighted by Crippen LogP contribution is -2.12. The number of nitro groups is 1. The number of non-ortho nitro benzene ring substituents is 1. The summed E-state index contributed by atoms with van der Waals surface area (Å²) in [4.78, 5) is 22.4. The van der Waals surface area contributed by atoms with Gasteiger partial charge in [-0.1, -0.05) is 30.3 Å². The van der Waals surface area contributed by atoms with Crippen molar-refractivity contribution < 1.29 is 23.2 Å². The summed E-state index contributed by atoms with van der Waals surface area (Å²) < 4.78 is 32.0. The van der Waals surface area contributed by atoms with Gasteiger partial charge in [0.25, 0.3) is 5.69 Å². The molecule has 1 saturated carbocycles. The summed E-state index contributed by atoms with van der Waals surface area (Å²) in [6, 6.07) is 17.5. The van der Waals surface area contributed by atoms with Crippen LogP contribution in [0.15, 0.2) is 84.9 Å².